The second-order valence-corrected chi connectivity index (χ2v) is 12.2. The van der Waals surface area contributed by atoms with Crippen LogP contribution in [0.3, 0.4) is 0 Å². The number of hydrogen-bond donors (Lipinski definition) is 2. The van der Waals surface area contributed by atoms with Gasteiger partial charge in [0.05, 0.1) is 5.71 Å². The third-order valence-corrected chi connectivity index (χ3v) is 8.86. The van der Waals surface area contributed by atoms with Crippen molar-refractivity contribution in [1.82, 2.24) is 9.80 Å². The Bertz CT molecular complexity index is 1360. The van der Waals surface area contributed by atoms with Crippen molar-refractivity contribution < 1.29 is 34.2 Å². The summed E-state index contributed by atoms with van der Waals surface area (Å²) in [6.07, 6.45) is 6.51. The van der Waals surface area contributed by atoms with Gasteiger partial charge in [-0.2, -0.15) is 4.73 Å². The van der Waals surface area contributed by atoms with Gasteiger partial charge in [0.25, 0.3) is 5.91 Å². The van der Waals surface area contributed by atoms with Crippen molar-refractivity contribution in [3.05, 3.63) is 80.7 Å². The maximum atomic E-state index is 13.3. The van der Waals surface area contributed by atoms with Crippen molar-refractivity contribution in [1.29, 1.82) is 0 Å². The summed E-state index contributed by atoms with van der Waals surface area (Å²) in [5.74, 6) is -2.18. The molecule has 0 saturated carbocycles. The maximum Gasteiger partial charge on any atom is 0.328 e. The van der Waals surface area contributed by atoms with Gasteiger partial charge in [-0.05, 0) is 82.8 Å². The third-order valence-electron chi connectivity index (χ3n) is 8.33. The van der Waals surface area contributed by atoms with Gasteiger partial charge in [0, 0.05) is 54.2 Å². The smallest absolute Gasteiger partial charge is 0.328 e. The number of pyridine rings is 1. The molecule has 1 aromatic carbocycles. The summed E-state index contributed by atoms with van der Waals surface area (Å²) in [4.78, 5) is 42.4. The van der Waals surface area contributed by atoms with E-state index in [0.717, 1.165) is 64.8 Å². The molecule has 2 saturated heterocycles. The van der Waals surface area contributed by atoms with E-state index in [9.17, 15) is 19.6 Å². The summed E-state index contributed by atoms with van der Waals surface area (Å²) < 4.78 is 1.84. The number of carboxylic acid groups (broad SMARTS) is 2. The number of carbonyl (C=O) groups excluding carboxylic acids is 1. The molecule has 0 aliphatic carbocycles. The molecule has 4 rings (SSSR count). The molecule has 0 bridgehead atoms. The summed E-state index contributed by atoms with van der Waals surface area (Å²) in [5.41, 5.74) is 4.11. The van der Waals surface area contributed by atoms with E-state index in [0.29, 0.717) is 49.0 Å². The Morgan fingerprint density at radius 1 is 1.05 bits per heavy atom. The lowest BCUT2D eigenvalue weighted by Crippen LogP contribution is -2.57. The van der Waals surface area contributed by atoms with Crippen LogP contribution in [0.2, 0.25) is 0 Å². The van der Waals surface area contributed by atoms with Crippen LogP contribution >= 0.6 is 15.9 Å². The van der Waals surface area contributed by atoms with Gasteiger partial charge in [0.15, 0.2) is 6.20 Å². The number of aromatic nitrogens is 1. The molecular weight excluding hydrogens is 632 g/mol. The minimum Gasteiger partial charge on any atom is -0.618 e. The Hall–Kier alpha value is -3.77. The average Bonchev–Trinajstić information content (AvgIpc) is 3.00. The van der Waals surface area contributed by atoms with Gasteiger partial charge in [0.2, 0.25) is 5.69 Å². The summed E-state index contributed by atoms with van der Waals surface area (Å²) >= 11 is 3.52. The zero-order valence-electron chi connectivity index (χ0n) is 25.7. The lowest BCUT2D eigenvalue weighted by atomic mass is 9.82. The van der Waals surface area contributed by atoms with Gasteiger partial charge >= 0.3 is 11.9 Å². The molecule has 0 unspecified atom stereocenters. The van der Waals surface area contributed by atoms with E-state index in [1.165, 1.54) is 6.20 Å². The van der Waals surface area contributed by atoms with Crippen LogP contribution < -0.4 is 4.73 Å². The van der Waals surface area contributed by atoms with Crippen LogP contribution in [0.15, 0.2) is 58.3 Å². The zero-order chi connectivity index (χ0) is 32.4. The van der Waals surface area contributed by atoms with Crippen molar-refractivity contribution in [2.75, 3.05) is 32.8 Å². The number of piperidine rings is 2. The topological polar surface area (TPSA) is 147 Å². The molecule has 0 spiro atoms. The highest BCUT2D eigenvalue weighted by atomic mass is 79.9. The van der Waals surface area contributed by atoms with Gasteiger partial charge < -0.3 is 25.2 Å². The largest absolute Gasteiger partial charge is 0.618 e. The Morgan fingerprint density at radius 2 is 1.61 bits per heavy atom. The summed E-state index contributed by atoms with van der Waals surface area (Å²) in [5, 5.41) is 32.2. The predicted molar refractivity (Wildman–Crippen MR) is 169 cm³/mol. The number of amides is 1. The van der Waals surface area contributed by atoms with Gasteiger partial charge in [-0.3, -0.25) is 9.69 Å². The lowest BCUT2D eigenvalue weighted by Gasteiger charge is -2.49. The minimum absolute atomic E-state index is 0.0257. The Balaban J connectivity index is 0.000000583. The first-order valence-corrected chi connectivity index (χ1v) is 15.5. The predicted octanol–water partition coefficient (Wildman–Crippen LogP) is 4.56. The molecule has 2 aromatic rings. The number of carboxylic acids is 2. The zero-order valence-corrected chi connectivity index (χ0v) is 27.2. The van der Waals surface area contributed by atoms with Crippen LogP contribution in [0.4, 0.5) is 0 Å². The number of oxime groups is 1. The molecule has 1 amide bonds. The van der Waals surface area contributed by atoms with Crippen LogP contribution in [0.1, 0.15) is 66.7 Å². The summed E-state index contributed by atoms with van der Waals surface area (Å²) in [6.45, 7) is 11.9. The first-order chi connectivity index (χ1) is 20.9. The van der Waals surface area contributed by atoms with Crippen molar-refractivity contribution in [2.24, 2.45) is 11.1 Å². The first-order valence-electron chi connectivity index (χ1n) is 14.7. The number of nitrogens with zero attached hydrogens (tertiary/aromatic N) is 4. The molecule has 2 aliphatic rings. The average molecular weight is 674 g/mol. The van der Waals surface area contributed by atoms with Crippen molar-refractivity contribution in [3.63, 3.8) is 0 Å². The molecule has 2 N–H and O–H groups in total. The standard InChI is InChI=1S/C28H37BrN4O3.C4H4O4/c1-5-36-30-26(22-6-8-24(29)9-7-22)23-11-15-32(16-12-23)28(4)13-18-31(19-14-28)27(34)25-20(2)10-17-33(35)21(25)3;5-3(6)1-2-4(7)8/h6-10,17,23H,5,11-16,18-19H2,1-4H3;1-2H,(H,5,6)(H,7,8)/b30-26-;2-1-. The molecule has 238 valence electrons. The summed E-state index contributed by atoms with van der Waals surface area (Å²) in [6, 6.07) is 10.0. The van der Waals surface area contributed by atoms with E-state index >= 15 is 0 Å². The first kappa shape index (κ1) is 34.7. The fourth-order valence-electron chi connectivity index (χ4n) is 5.71. The number of halogens is 1. The monoisotopic (exact) mass is 672 g/mol. The van der Waals surface area contributed by atoms with E-state index in [-0.39, 0.29) is 11.4 Å². The lowest BCUT2D eigenvalue weighted by molar-refractivity contribution is -0.612. The van der Waals surface area contributed by atoms with E-state index in [1.54, 1.807) is 13.0 Å². The molecule has 11 nitrogen and oxygen atoms in total. The number of carbonyl (C=O) groups is 3. The Labute approximate surface area is 266 Å². The van der Waals surface area contributed by atoms with Crippen LogP contribution in [0, 0.1) is 25.0 Å². The number of likely N-dealkylation sites (tertiary alicyclic amines) is 2. The molecule has 1 aromatic heterocycles. The number of hydrogen-bond acceptors (Lipinski definition) is 7. The van der Waals surface area contributed by atoms with Crippen molar-refractivity contribution >= 4 is 39.5 Å². The van der Waals surface area contributed by atoms with Gasteiger partial charge in [0.1, 0.15) is 12.2 Å². The van der Waals surface area contributed by atoms with E-state index in [1.807, 2.05) is 18.7 Å². The van der Waals surface area contributed by atoms with Gasteiger partial charge in [-0.1, -0.05) is 33.2 Å². The Morgan fingerprint density at radius 3 is 2.14 bits per heavy atom. The minimum atomic E-state index is -1.26. The van der Waals surface area contributed by atoms with Crippen LogP contribution in [0.5, 0.6) is 0 Å². The van der Waals surface area contributed by atoms with Gasteiger partial charge in [-0.25, -0.2) is 9.59 Å². The maximum absolute atomic E-state index is 13.3. The highest BCUT2D eigenvalue weighted by Crippen LogP contribution is 2.34. The quantitative estimate of drug-likeness (QED) is 0.136. The molecule has 3 heterocycles. The van der Waals surface area contributed by atoms with Crippen LogP contribution in [-0.2, 0) is 14.4 Å². The van der Waals surface area contributed by atoms with Crippen molar-refractivity contribution in [3.8, 4) is 0 Å². The number of aliphatic carboxylic acids is 2. The molecule has 2 fully saturated rings. The molecule has 44 heavy (non-hydrogen) atoms. The van der Waals surface area contributed by atoms with Crippen LogP contribution in [0.25, 0.3) is 0 Å². The van der Waals surface area contributed by atoms with E-state index < -0.39 is 11.9 Å². The number of rotatable bonds is 8. The number of aryl methyl sites for hydroxylation is 1. The molecule has 0 radical (unpaired) electrons. The normalized spacial score (nSPS) is 17.6. The SMILES string of the molecule is CCO/N=C(/c1ccc(Br)cc1)C1CCN(C2(C)CCN(C(=O)c3c(C)cc[n+]([O-])c3C)CC2)CC1.O=C(O)/C=C\C(=O)O. The molecule has 0 atom stereocenters. The highest BCUT2D eigenvalue weighted by Gasteiger charge is 2.40. The van der Waals surface area contributed by atoms with E-state index in [4.69, 9.17) is 15.1 Å². The van der Waals surface area contributed by atoms with Crippen LogP contribution in [-0.4, -0.2) is 81.9 Å². The molecule has 12 heteroatoms. The fourth-order valence-corrected chi connectivity index (χ4v) is 5.98. The third kappa shape index (κ3) is 9.12. The fraction of sp³-hybridized carbons (Fsp3) is 0.469. The highest BCUT2D eigenvalue weighted by molar-refractivity contribution is 9.10. The van der Waals surface area contributed by atoms with Gasteiger partial charge in [-0.15, -0.1) is 0 Å². The second-order valence-electron chi connectivity index (χ2n) is 11.2. The van der Waals surface area contributed by atoms with Crippen molar-refractivity contribution in [2.45, 2.75) is 58.9 Å². The molecule has 2 aliphatic heterocycles. The Kier molecular flexibility index (Phi) is 12.5. The summed E-state index contributed by atoms with van der Waals surface area (Å²) in [7, 11) is 0. The molecular formula is C32H41BrN4O7. The second kappa shape index (κ2) is 15.8. The number of benzene rings is 1. The van der Waals surface area contributed by atoms with E-state index in [2.05, 4.69) is 57.2 Å².